The van der Waals surface area contributed by atoms with Crippen molar-refractivity contribution in [3.05, 3.63) is 82.3 Å². The van der Waals surface area contributed by atoms with Crippen LogP contribution in [0.2, 0.25) is 0 Å². The molecule has 0 radical (unpaired) electrons. The van der Waals surface area contributed by atoms with Gasteiger partial charge in [-0.3, -0.25) is 4.57 Å². The first kappa shape index (κ1) is 18.8. The van der Waals surface area contributed by atoms with Gasteiger partial charge in [-0.15, -0.1) is 0 Å². The fourth-order valence-electron chi connectivity index (χ4n) is 6.08. The molecular weight excluding hydrogens is 440 g/mol. The van der Waals surface area contributed by atoms with Crippen LogP contribution in [0.1, 0.15) is 42.6 Å². The van der Waals surface area contributed by atoms with Gasteiger partial charge >= 0.3 is 0 Å². The molecule has 1 saturated heterocycles. The molecule has 3 aliphatic rings. The Hall–Kier alpha value is -1.95. The van der Waals surface area contributed by atoms with E-state index in [0.29, 0.717) is 19.1 Å². The number of hydrogen-bond donors (Lipinski definition) is 0. The molecule has 2 aliphatic carbocycles. The van der Waals surface area contributed by atoms with Gasteiger partial charge in [-0.2, -0.15) is 0 Å². The van der Waals surface area contributed by atoms with Gasteiger partial charge in [-0.1, -0.05) is 48.5 Å². The normalized spacial score (nSPS) is 27.0. The lowest BCUT2D eigenvalue weighted by Gasteiger charge is -2.51. The number of fused-ring (bicyclic) bond motifs is 3. The van der Waals surface area contributed by atoms with Gasteiger partial charge in [-0.05, 0) is 58.8 Å². The van der Waals surface area contributed by atoms with E-state index in [0.717, 1.165) is 42.5 Å². The SMILES string of the molecule is Brc1nc2c(n1-c1ccccc1)CCC1CC3(CCC21c1ccccc1)OCCO3. The molecule has 1 saturated carbocycles. The van der Waals surface area contributed by atoms with Crippen molar-refractivity contribution in [3.63, 3.8) is 0 Å². The average molecular weight is 465 g/mol. The molecule has 0 bridgehead atoms. The first-order chi connectivity index (χ1) is 14.7. The molecule has 2 atom stereocenters. The summed E-state index contributed by atoms with van der Waals surface area (Å²) in [6.45, 7) is 1.43. The maximum absolute atomic E-state index is 6.14. The highest BCUT2D eigenvalue weighted by Gasteiger charge is 2.56. The van der Waals surface area contributed by atoms with E-state index < -0.39 is 0 Å². The number of nitrogens with zero attached hydrogens (tertiary/aromatic N) is 2. The van der Waals surface area contributed by atoms with E-state index >= 15 is 0 Å². The standard InChI is InChI=1S/C25H25BrN2O2/c26-23-27-22-21(28(23)20-9-5-2-6-10-20)12-11-19-17-24(29-15-16-30-24)13-14-25(19,22)18-7-3-1-4-8-18/h1-10,19H,11-17H2. The van der Waals surface area contributed by atoms with Gasteiger partial charge in [0.05, 0.1) is 18.9 Å². The third-order valence-corrected chi connectivity index (χ3v) is 7.89. The van der Waals surface area contributed by atoms with Gasteiger partial charge < -0.3 is 9.47 Å². The van der Waals surface area contributed by atoms with E-state index in [9.17, 15) is 0 Å². The van der Waals surface area contributed by atoms with E-state index in [-0.39, 0.29) is 11.2 Å². The number of benzene rings is 2. The number of aromatic nitrogens is 2. The molecule has 2 heterocycles. The third kappa shape index (κ3) is 2.68. The molecule has 0 N–H and O–H groups in total. The molecule has 2 aromatic carbocycles. The smallest absolute Gasteiger partial charge is 0.182 e. The zero-order chi connectivity index (χ0) is 20.2. The van der Waals surface area contributed by atoms with Crippen LogP contribution in [0.4, 0.5) is 0 Å². The molecule has 4 nitrogen and oxygen atoms in total. The Kier molecular flexibility index (Phi) is 4.41. The number of ether oxygens (including phenoxy) is 2. The lowest BCUT2D eigenvalue weighted by atomic mass is 9.55. The average Bonchev–Trinajstić information content (AvgIpc) is 3.39. The van der Waals surface area contributed by atoms with Crippen LogP contribution in [0.15, 0.2) is 65.4 Å². The maximum atomic E-state index is 6.14. The summed E-state index contributed by atoms with van der Waals surface area (Å²) in [5.74, 6) is 0.0601. The number of imidazole rings is 1. The highest BCUT2D eigenvalue weighted by atomic mass is 79.9. The van der Waals surface area contributed by atoms with E-state index in [1.807, 2.05) is 0 Å². The first-order valence-electron chi connectivity index (χ1n) is 10.9. The van der Waals surface area contributed by atoms with Crippen LogP contribution >= 0.6 is 15.9 Å². The molecule has 6 rings (SSSR count). The largest absolute Gasteiger partial charge is 0.348 e. The second-order valence-corrected chi connectivity index (χ2v) is 9.44. The van der Waals surface area contributed by atoms with Crippen LogP contribution in [0.25, 0.3) is 5.69 Å². The maximum Gasteiger partial charge on any atom is 0.182 e. The quantitative estimate of drug-likeness (QED) is 0.508. The minimum Gasteiger partial charge on any atom is -0.348 e. The highest BCUT2D eigenvalue weighted by Crippen LogP contribution is 2.57. The molecule has 3 aromatic rings. The van der Waals surface area contributed by atoms with Gasteiger partial charge in [0.15, 0.2) is 10.5 Å². The summed E-state index contributed by atoms with van der Waals surface area (Å²) in [7, 11) is 0. The van der Waals surface area contributed by atoms with Crippen molar-refractivity contribution in [3.8, 4) is 5.69 Å². The van der Waals surface area contributed by atoms with Gasteiger partial charge in [0, 0.05) is 29.6 Å². The zero-order valence-corrected chi connectivity index (χ0v) is 18.5. The van der Waals surface area contributed by atoms with Gasteiger partial charge in [0.25, 0.3) is 0 Å². The van der Waals surface area contributed by atoms with E-state index in [4.69, 9.17) is 14.5 Å². The Labute approximate surface area is 185 Å². The van der Waals surface area contributed by atoms with Gasteiger partial charge in [0.1, 0.15) is 0 Å². The fraction of sp³-hybridized carbons (Fsp3) is 0.400. The molecule has 1 aliphatic heterocycles. The monoisotopic (exact) mass is 464 g/mol. The Morgan fingerprint density at radius 3 is 2.37 bits per heavy atom. The Morgan fingerprint density at radius 2 is 1.63 bits per heavy atom. The minimum atomic E-state index is -0.389. The summed E-state index contributed by atoms with van der Waals surface area (Å²) in [5.41, 5.74) is 4.99. The molecule has 2 unspecified atom stereocenters. The third-order valence-electron chi connectivity index (χ3n) is 7.36. The summed E-state index contributed by atoms with van der Waals surface area (Å²) in [6.07, 6.45) is 4.97. The number of hydrogen-bond acceptors (Lipinski definition) is 3. The van der Waals surface area contributed by atoms with E-state index in [1.165, 1.54) is 17.0 Å². The summed E-state index contributed by atoms with van der Waals surface area (Å²) in [6, 6.07) is 21.5. The second-order valence-electron chi connectivity index (χ2n) is 8.73. The number of rotatable bonds is 2. The number of halogens is 1. The van der Waals surface area contributed by atoms with Crippen molar-refractivity contribution in [2.45, 2.75) is 43.3 Å². The van der Waals surface area contributed by atoms with E-state index in [1.54, 1.807) is 0 Å². The molecule has 154 valence electrons. The van der Waals surface area contributed by atoms with Gasteiger partial charge in [-0.25, -0.2) is 4.98 Å². The van der Waals surface area contributed by atoms with Crippen molar-refractivity contribution < 1.29 is 9.47 Å². The lowest BCUT2D eigenvalue weighted by Crippen LogP contribution is -2.51. The predicted octanol–water partition coefficient (Wildman–Crippen LogP) is 5.41. The summed E-state index contributed by atoms with van der Waals surface area (Å²) >= 11 is 3.79. The molecule has 30 heavy (non-hydrogen) atoms. The van der Waals surface area contributed by atoms with Crippen LogP contribution in [0.5, 0.6) is 0 Å². The van der Waals surface area contributed by atoms with E-state index in [2.05, 4.69) is 81.2 Å². The summed E-state index contributed by atoms with van der Waals surface area (Å²) in [5, 5.41) is 0. The molecular formula is C25H25BrN2O2. The Morgan fingerprint density at radius 1 is 0.933 bits per heavy atom. The van der Waals surface area contributed by atoms with Crippen molar-refractivity contribution >= 4 is 15.9 Å². The number of para-hydroxylation sites is 1. The Bertz CT molecular complexity index is 1060. The molecule has 0 amide bonds. The Balaban J connectivity index is 1.53. The van der Waals surface area contributed by atoms with Crippen LogP contribution < -0.4 is 0 Å². The topological polar surface area (TPSA) is 36.3 Å². The van der Waals surface area contributed by atoms with Crippen LogP contribution in [0, 0.1) is 5.92 Å². The summed E-state index contributed by atoms with van der Waals surface area (Å²) in [4.78, 5) is 5.17. The zero-order valence-electron chi connectivity index (χ0n) is 16.9. The summed E-state index contributed by atoms with van der Waals surface area (Å²) < 4.78 is 15.5. The lowest BCUT2D eigenvalue weighted by molar-refractivity contribution is -0.197. The second kappa shape index (κ2) is 7.04. The molecule has 2 fully saturated rings. The molecule has 5 heteroatoms. The molecule has 1 spiro atoms. The van der Waals surface area contributed by atoms with Crippen molar-refractivity contribution in [2.75, 3.05) is 13.2 Å². The molecule has 1 aromatic heterocycles. The first-order valence-corrected chi connectivity index (χ1v) is 11.7. The highest BCUT2D eigenvalue weighted by molar-refractivity contribution is 9.10. The minimum absolute atomic E-state index is 0.0993. The van der Waals surface area contributed by atoms with Crippen molar-refractivity contribution in [1.29, 1.82) is 0 Å². The van der Waals surface area contributed by atoms with Crippen molar-refractivity contribution in [2.24, 2.45) is 5.92 Å². The van der Waals surface area contributed by atoms with Crippen molar-refractivity contribution in [1.82, 2.24) is 9.55 Å². The van der Waals surface area contributed by atoms with Crippen LogP contribution in [-0.4, -0.2) is 28.6 Å². The van der Waals surface area contributed by atoms with Crippen LogP contribution in [0.3, 0.4) is 0 Å². The fourth-order valence-corrected chi connectivity index (χ4v) is 6.67. The van der Waals surface area contributed by atoms with Crippen LogP contribution in [-0.2, 0) is 21.3 Å². The predicted molar refractivity (Wildman–Crippen MR) is 119 cm³/mol. The van der Waals surface area contributed by atoms with Gasteiger partial charge in [0.2, 0.25) is 0 Å².